The molecule has 0 bridgehead atoms. The molecule has 0 radical (unpaired) electrons. The van der Waals surface area contributed by atoms with Gasteiger partial charge in [-0.1, -0.05) is 51.1 Å². The number of sulfonamides is 1. The highest BCUT2D eigenvalue weighted by Gasteiger charge is 2.22. The van der Waals surface area contributed by atoms with Gasteiger partial charge < -0.3 is 4.74 Å². The minimum absolute atomic E-state index is 0.110. The van der Waals surface area contributed by atoms with Crippen LogP contribution < -0.4 is 15.0 Å². The molecule has 3 rings (SSSR count). The van der Waals surface area contributed by atoms with Crippen LogP contribution in [-0.4, -0.2) is 26.4 Å². The molecule has 6 nitrogen and oxygen atoms in total. The van der Waals surface area contributed by atoms with Crippen molar-refractivity contribution in [3.8, 4) is 11.4 Å². The average Bonchev–Trinajstić information content (AvgIpc) is 2.71. The predicted molar refractivity (Wildman–Crippen MR) is 131 cm³/mol. The van der Waals surface area contributed by atoms with Crippen molar-refractivity contribution in [3.63, 3.8) is 0 Å². The second-order valence-corrected chi connectivity index (χ2v) is 10.4. The maximum atomic E-state index is 12.4. The van der Waals surface area contributed by atoms with Gasteiger partial charge in [-0.05, 0) is 41.3 Å². The van der Waals surface area contributed by atoms with Crippen molar-refractivity contribution >= 4 is 27.9 Å². The summed E-state index contributed by atoms with van der Waals surface area (Å²) >= 11 is 0. The van der Waals surface area contributed by atoms with Crippen LogP contribution in [0.2, 0.25) is 0 Å². The molecule has 0 unspecified atom stereocenters. The van der Waals surface area contributed by atoms with Gasteiger partial charge in [-0.2, -0.15) is 0 Å². The molecule has 2 aromatic carbocycles. The first-order valence-corrected chi connectivity index (χ1v) is 12.0. The van der Waals surface area contributed by atoms with E-state index in [-0.39, 0.29) is 11.0 Å². The smallest absolute Gasteiger partial charge is 0.255 e. The van der Waals surface area contributed by atoms with Crippen LogP contribution >= 0.6 is 0 Å². The van der Waals surface area contributed by atoms with Crippen molar-refractivity contribution in [2.75, 3.05) is 18.1 Å². The second kappa shape index (κ2) is 9.04. The highest BCUT2D eigenvalue weighted by atomic mass is 32.2. The van der Waals surface area contributed by atoms with Crippen molar-refractivity contribution in [1.29, 1.82) is 0 Å². The Morgan fingerprint density at radius 1 is 1.00 bits per heavy atom. The molecule has 3 aromatic rings. The number of nitrogens with one attached hydrogen (secondary N) is 1. The molecule has 1 aromatic heterocycles. The number of rotatable bonds is 6. The second-order valence-electron chi connectivity index (χ2n) is 8.60. The Bertz CT molecular complexity index is 1300. The molecule has 32 heavy (non-hydrogen) atoms. The number of benzene rings is 2. The lowest BCUT2D eigenvalue weighted by Gasteiger charge is -2.25. The third kappa shape index (κ3) is 5.68. The van der Waals surface area contributed by atoms with Gasteiger partial charge in [-0.25, -0.2) is 8.42 Å². The number of aromatic nitrogens is 1. The molecule has 0 aliphatic heterocycles. The summed E-state index contributed by atoms with van der Waals surface area (Å²) in [5.74, 6) is 0.747. The molecule has 0 aliphatic carbocycles. The Kier molecular flexibility index (Phi) is 6.60. The van der Waals surface area contributed by atoms with E-state index in [1.807, 2.05) is 42.5 Å². The zero-order chi connectivity index (χ0) is 23.5. The fourth-order valence-corrected chi connectivity index (χ4v) is 3.95. The molecule has 0 amide bonds. The Hall–Kier alpha value is -3.32. The number of ether oxygens (including phenoxy) is 1. The van der Waals surface area contributed by atoms with Crippen LogP contribution in [0.15, 0.2) is 65.6 Å². The van der Waals surface area contributed by atoms with Crippen LogP contribution in [-0.2, 0) is 15.4 Å². The molecule has 0 saturated carbocycles. The molecule has 1 heterocycles. The molecule has 0 aliphatic rings. The third-order valence-electron chi connectivity index (χ3n) is 4.88. The molecule has 168 valence electrons. The van der Waals surface area contributed by atoms with Gasteiger partial charge >= 0.3 is 0 Å². The van der Waals surface area contributed by atoms with E-state index in [0.29, 0.717) is 5.69 Å². The SMILES string of the molecule is COc1c(/C=C/c2ccc(NS(C)(=O)=O)cc2)cc(-n2ccccc2=O)cc1C(C)(C)C. The average molecular weight is 453 g/mol. The molecular weight excluding hydrogens is 424 g/mol. The lowest BCUT2D eigenvalue weighted by atomic mass is 9.84. The van der Waals surface area contributed by atoms with E-state index < -0.39 is 10.0 Å². The summed E-state index contributed by atoms with van der Waals surface area (Å²) in [5, 5.41) is 0. The zero-order valence-corrected chi connectivity index (χ0v) is 19.7. The maximum absolute atomic E-state index is 12.4. The van der Waals surface area contributed by atoms with Gasteiger partial charge in [0.2, 0.25) is 10.0 Å². The van der Waals surface area contributed by atoms with Gasteiger partial charge in [0.1, 0.15) is 5.75 Å². The Morgan fingerprint density at radius 2 is 1.69 bits per heavy atom. The van der Waals surface area contributed by atoms with Crippen molar-refractivity contribution in [2.24, 2.45) is 0 Å². The lowest BCUT2D eigenvalue weighted by molar-refractivity contribution is 0.396. The van der Waals surface area contributed by atoms with Gasteiger partial charge in [0.05, 0.1) is 13.4 Å². The van der Waals surface area contributed by atoms with Gasteiger partial charge in [-0.15, -0.1) is 0 Å². The number of anilines is 1. The minimum atomic E-state index is -3.32. The molecule has 0 spiro atoms. The molecular formula is C25H28N2O4S. The van der Waals surface area contributed by atoms with Crippen LogP contribution in [0.5, 0.6) is 5.75 Å². The fourth-order valence-electron chi connectivity index (χ4n) is 3.39. The van der Waals surface area contributed by atoms with Crippen LogP contribution in [0, 0.1) is 0 Å². The Labute approximate surface area is 189 Å². The number of methoxy groups -OCH3 is 1. The van der Waals surface area contributed by atoms with Crippen LogP contribution in [0.1, 0.15) is 37.5 Å². The Morgan fingerprint density at radius 3 is 2.25 bits per heavy atom. The molecule has 0 fully saturated rings. The minimum Gasteiger partial charge on any atom is -0.496 e. The third-order valence-corrected chi connectivity index (χ3v) is 5.49. The van der Waals surface area contributed by atoms with Crippen LogP contribution in [0.4, 0.5) is 5.69 Å². The first-order chi connectivity index (χ1) is 15.0. The summed E-state index contributed by atoms with van der Waals surface area (Å²) in [6.07, 6.45) is 6.72. The van der Waals surface area contributed by atoms with E-state index in [0.717, 1.165) is 34.4 Å². The monoisotopic (exact) mass is 452 g/mol. The van der Waals surface area contributed by atoms with E-state index in [2.05, 4.69) is 25.5 Å². The van der Waals surface area contributed by atoms with E-state index in [9.17, 15) is 13.2 Å². The normalized spacial score (nSPS) is 12.2. The topological polar surface area (TPSA) is 77.4 Å². The predicted octanol–water partition coefficient (Wildman–Crippen LogP) is 4.69. The molecule has 1 N–H and O–H groups in total. The first-order valence-electron chi connectivity index (χ1n) is 10.1. The number of pyridine rings is 1. The van der Waals surface area contributed by atoms with Crippen molar-refractivity contribution in [1.82, 2.24) is 4.57 Å². The summed E-state index contributed by atoms with van der Waals surface area (Å²) in [5.41, 5.74) is 3.66. The highest BCUT2D eigenvalue weighted by molar-refractivity contribution is 7.92. The quantitative estimate of drug-likeness (QED) is 0.551. The fraction of sp³-hybridized carbons (Fsp3) is 0.240. The summed E-state index contributed by atoms with van der Waals surface area (Å²) in [7, 11) is -1.68. The van der Waals surface area contributed by atoms with Gasteiger partial charge in [-0.3, -0.25) is 14.1 Å². The highest BCUT2D eigenvalue weighted by Crippen LogP contribution is 2.37. The molecule has 7 heteroatoms. The standard InChI is InChI=1S/C25H28N2O4S/c1-25(2,3)22-17-21(27-15-7-6-8-23(27)28)16-19(24(22)31-4)12-9-18-10-13-20(14-11-18)26-32(5,29)30/h6-17,26H,1-5H3/b12-9+. The van der Waals surface area contributed by atoms with Crippen molar-refractivity contribution in [2.45, 2.75) is 26.2 Å². The first kappa shape index (κ1) is 23.3. The summed E-state index contributed by atoms with van der Waals surface area (Å²) in [6, 6.07) is 16.0. The van der Waals surface area contributed by atoms with Crippen LogP contribution in [0.3, 0.4) is 0 Å². The van der Waals surface area contributed by atoms with E-state index in [4.69, 9.17) is 4.74 Å². The molecule has 0 saturated heterocycles. The number of hydrogen-bond acceptors (Lipinski definition) is 4. The maximum Gasteiger partial charge on any atom is 0.255 e. The van der Waals surface area contributed by atoms with Crippen molar-refractivity contribution in [3.05, 3.63) is 87.8 Å². The van der Waals surface area contributed by atoms with Crippen LogP contribution in [0.25, 0.3) is 17.8 Å². The Balaban J connectivity index is 2.07. The zero-order valence-electron chi connectivity index (χ0n) is 18.9. The lowest BCUT2D eigenvalue weighted by Crippen LogP contribution is -2.19. The van der Waals surface area contributed by atoms with Gasteiger partial charge in [0.25, 0.3) is 5.56 Å². The van der Waals surface area contributed by atoms with E-state index >= 15 is 0 Å². The summed E-state index contributed by atoms with van der Waals surface area (Å²) in [4.78, 5) is 12.4. The van der Waals surface area contributed by atoms with Crippen molar-refractivity contribution < 1.29 is 13.2 Å². The van der Waals surface area contributed by atoms with E-state index in [1.165, 1.54) is 6.07 Å². The largest absolute Gasteiger partial charge is 0.496 e. The molecule has 0 atom stereocenters. The van der Waals surface area contributed by atoms with Gasteiger partial charge in [0.15, 0.2) is 0 Å². The summed E-state index contributed by atoms with van der Waals surface area (Å²) in [6.45, 7) is 6.30. The summed E-state index contributed by atoms with van der Waals surface area (Å²) < 4.78 is 32.6. The van der Waals surface area contributed by atoms with E-state index in [1.54, 1.807) is 36.1 Å². The van der Waals surface area contributed by atoms with Gasteiger partial charge in [0, 0.05) is 34.8 Å². The number of nitrogens with zero attached hydrogens (tertiary/aromatic N) is 1. The number of hydrogen-bond donors (Lipinski definition) is 1.